The van der Waals surface area contributed by atoms with Crippen molar-refractivity contribution in [3.8, 4) is 0 Å². The summed E-state index contributed by atoms with van der Waals surface area (Å²) in [7, 11) is 1.52. The number of nitrogens with one attached hydrogen (secondary N) is 2. The maximum absolute atomic E-state index is 12.9. The largest absolute Gasteiger partial charge is 0.392 e. The molecule has 1 unspecified atom stereocenters. The lowest BCUT2D eigenvalue weighted by Crippen LogP contribution is -2.58. The maximum Gasteiger partial charge on any atom is 0.246 e. The average Bonchev–Trinajstić information content (AvgIpc) is 2.76. The number of aliphatic hydroxyl groups is 1. The fraction of sp³-hybridized carbons (Fsp3) is 0.917. The third-order valence-electron chi connectivity index (χ3n) is 8.40. The molecule has 1 saturated heterocycles. The van der Waals surface area contributed by atoms with Crippen LogP contribution in [0.5, 0.6) is 0 Å². The Morgan fingerprint density at radius 1 is 1.25 bits per heavy atom. The molecule has 3 N–H and O–H groups in total. The Morgan fingerprint density at radius 3 is 2.62 bits per heavy atom. The first kappa shape index (κ1) is 25.4. The molecule has 8 heteroatoms. The standard InChI is InChI=1S/C24H43N3O5/c1-16(23(30)25-9-10-27-11-13-32-14-12-27)18-5-7-24(3)8-6-19(26-20(28)15-31-4)17(2)21(24)22(18)29/h16-19,21-22,29H,5-15H2,1-4H3,(H,25,30)(H,26,28)/t16-,17+,18?,19-,21+,22-,24-/m0/s1. The van der Waals surface area contributed by atoms with Gasteiger partial charge in [0.25, 0.3) is 0 Å². The van der Waals surface area contributed by atoms with Gasteiger partial charge in [0, 0.05) is 45.2 Å². The number of carbonyl (C=O) groups excluding carboxylic acids is 2. The van der Waals surface area contributed by atoms with Crippen LogP contribution in [0, 0.1) is 29.1 Å². The van der Waals surface area contributed by atoms with E-state index in [-0.39, 0.29) is 53.5 Å². The second-order valence-corrected chi connectivity index (χ2v) is 10.4. The number of hydrogen-bond donors (Lipinski definition) is 3. The molecule has 1 heterocycles. The van der Waals surface area contributed by atoms with Gasteiger partial charge in [-0.15, -0.1) is 0 Å². The Hall–Kier alpha value is -1.22. The molecule has 3 rings (SSSR count). The van der Waals surface area contributed by atoms with Gasteiger partial charge in [-0.25, -0.2) is 0 Å². The molecular weight excluding hydrogens is 410 g/mol. The fourth-order valence-electron chi connectivity index (χ4n) is 6.39. The molecule has 7 atom stereocenters. The van der Waals surface area contributed by atoms with Gasteiger partial charge in [-0.2, -0.15) is 0 Å². The van der Waals surface area contributed by atoms with Crippen molar-refractivity contribution in [2.45, 2.75) is 58.6 Å². The van der Waals surface area contributed by atoms with Gasteiger partial charge >= 0.3 is 0 Å². The van der Waals surface area contributed by atoms with Crippen LogP contribution in [0.15, 0.2) is 0 Å². The Balaban J connectivity index is 1.57. The van der Waals surface area contributed by atoms with E-state index >= 15 is 0 Å². The highest BCUT2D eigenvalue weighted by molar-refractivity contribution is 5.78. The van der Waals surface area contributed by atoms with Crippen molar-refractivity contribution in [1.82, 2.24) is 15.5 Å². The second-order valence-electron chi connectivity index (χ2n) is 10.4. The molecule has 2 aliphatic carbocycles. The predicted octanol–water partition coefficient (Wildman–Crippen LogP) is 1.03. The molecule has 2 saturated carbocycles. The van der Waals surface area contributed by atoms with Gasteiger partial charge in [-0.1, -0.05) is 20.8 Å². The molecule has 2 amide bonds. The molecule has 3 fully saturated rings. The van der Waals surface area contributed by atoms with Gasteiger partial charge in [0.05, 0.1) is 19.3 Å². The molecule has 3 aliphatic rings. The van der Waals surface area contributed by atoms with Gasteiger partial charge < -0.3 is 25.2 Å². The summed E-state index contributed by atoms with van der Waals surface area (Å²) in [5.41, 5.74) is 0.0460. The molecule has 0 radical (unpaired) electrons. The molecule has 0 aromatic rings. The molecule has 32 heavy (non-hydrogen) atoms. The number of methoxy groups -OCH3 is 1. The number of amides is 2. The quantitative estimate of drug-likeness (QED) is 0.508. The minimum atomic E-state index is -0.550. The second kappa shape index (κ2) is 11.3. The zero-order valence-electron chi connectivity index (χ0n) is 20.3. The number of fused-ring (bicyclic) bond motifs is 1. The monoisotopic (exact) mass is 453 g/mol. The Morgan fingerprint density at radius 2 is 1.94 bits per heavy atom. The number of carbonyl (C=O) groups is 2. The van der Waals surface area contributed by atoms with Crippen LogP contribution in [-0.4, -0.2) is 87.1 Å². The number of ether oxygens (including phenoxy) is 2. The highest BCUT2D eigenvalue weighted by Crippen LogP contribution is 2.55. The summed E-state index contributed by atoms with van der Waals surface area (Å²) in [6, 6.07) is 0.0294. The first-order valence-electron chi connectivity index (χ1n) is 12.3. The summed E-state index contributed by atoms with van der Waals surface area (Å²) in [5.74, 6) is -0.181. The van der Waals surface area contributed by atoms with Crippen molar-refractivity contribution in [1.29, 1.82) is 0 Å². The molecule has 0 aromatic heterocycles. The molecule has 184 valence electrons. The SMILES string of the molecule is COCC(=O)N[C@H]1CC[C@]2(C)CCC([C@H](C)C(=O)NCCN3CCOCC3)[C@H](O)[C@H]2[C@@H]1C. The maximum atomic E-state index is 12.9. The van der Waals surface area contributed by atoms with E-state index < -0.39 is 6.10 Å². The highest BCUT2D eigenvalue weighted by Gasteiger charge is 2.53. The smallest absolute Gasteiger partial charge is 0.246 e. The van der Waals surface area contributed by atoms with Crippen LogP contribution in [0.1, 0.15) is 46.5 Å². The van der Waals surface area contributed by atoms with Crippen molar-refractivity contribution in [3.63, 3.8) is 0 Å². The molecule has 0 bridgehead atoms. The third-order valence-corrected chi connectivity index (χ3v) is 8.40. The summed E-state index contributed by atoms with van der Waals surface area (Å²) < 4.78 is 10.3. The van der Waals surface area contributed by atoms with E-state index in [2.05, 4.69) is 29.4 Å². The molecule has 0 spiro atoms. The minimum absolute atomic E-state index is 0.0272. The van der Waals surface area contributed by atoms with Crippen LogP contribution in [-0.2, 0) is 19.1 Å². The Kier molecular flexibility index (Phi) is 8.95. The van der Waals surface area contributed by atoms with Gasteiger partial charge in [0.2, 0.25) is 11.8 Å². The van der Waals surface area contributed by atoms with E-state index in [4.69, 9.17) is 9.47 Å². The number of aliphatic hydroxyl groups excluding tert-OH is 1. The molecule has 0 aromatic carbocycles. The molecule has 1 aliphatic heterocycles. The van der Waals surface area contributed by atoms with Crippen molar-refractivity contribution < 1.29 is 24.2 Å². The first-order chi connectivity index (χ1) is 15.3. The van der Waals surface area contributed by atoms with Gasteiger partial charge in [-0.05, 0) is 48.9 Å². The Labute approximate surface area is 192 Å². The lowest BCUT2D eigenvalue weighted by Gasteiger charge is -2.56. The predicted molar refractivity (Wildman–Crippen MR) is 122 cm³/mol. The van der Waals surface area contributed by atoms with Gasteiger partial charge in [0.15, 0.2) is 0 Å². The van der Waals surface area contributed by atoms with Crippen molar-refractivity contribution in [3.05, 3.63) is 0 Å². The Bertz CT molecular complexity index is 641. The van der Waals surface area contributed by atoms with E-state index in [1.165, 1.54) is 7.11 Å². The molecule has 8 nitrogen and oxygen atoms in total. The zero-order chi connectivity index (χ0) is 23.3. The summed E-state index contributed by atoms with van der Waals surface area (Å²) in [4.78, 5) is 27.3. The summed E-state index contributed by atoms with van der Waals surface area (Å²) >= 11 is 0. The minimum Gasteiger partial charge on any atom is -0.392 e. The van der Waals surface area contributed by atoms with Crippen LogP contribution in [0.2, 0.25) is 0 Å². The van der Waals surface area contributed by atoms with Crippen molar-refractivity contribution in [2.24, 2.45) is 29.1 Å². The summed E-state index contributed by atoms with van der Waals surface area (Å²) in [6.07, 6.45) is 3.21. The van der Waals surface area contributed by atoms with Crippen molar-refractivity contribution in [2.75, 3.05) is 53.1 Å². The zero-order valence-corrected chi connectivity index (χ0v) is 20.3. The number of hydrogen-bond acceptors (Lipinski definition) is 6. The number of nitrogens with zero attached hydrogens (tertiary/aromatic N) is 1. The van der Waals surface area contributed by atoms with Gasteiger partial charge in [-0.3, -0.25) is 14.5 Å². The first-order valence-corrected chi connectivity index (χ1v) is 12.3. The van der Waals surface area contributed by atoms with E-state index in [1.807, 2.05) is 6.92 Å². The van der Waals surface area contributed by atoms with Crippen LogP contribution >= 0.6 is 0 Å². The molecular formula is C24H43N3O5. The topological polar surface area (TPSA) is 100 Å². The van der Waals surface area contributed by atoms with E-state index in [0.29, 0.717) is 6.54 Å². The average molecular weight is 454 g/mol. The number of rotatable bonds is 8. The third kappa shape index (κ3) is 5.82. The lowest BCUT2D eigenvalue weighted by molar-refractivity contribution is -0.144. The van der Waals surface area contributed by atoms with Crippen LogP contribution in [0.4, 0.5) is 0 Å². The van der Waals surface area contributed by atoms with Crippen LogP contribution in [0.25, 0.3) is 0 Å². The highest BCUT2D eigenvalue weighted by atomic mass is 16.5. The fourth-order valence-corrected chi connectivity index (χ4v) is 6.39. The number of morpholine rings is 1. The van der Waals surface area contributed by atoms with E-state index in [0.717, 1.165) is 58.5 Å². The normalized spacial score (nSPS) is 36.7. The summed E-state index contributed by atoms with van der Waals surface area (Å²) in [6.45, 7) is 11.2. The van der Waals surface area contributed by atoms with E-state index in [9.17, 15) is 14.7 Å². The van der Waals surface area contributed by atoms with Gasteiger partial charge in [0.1, 0.15) is 6.61 Å². The lowest BCUT2D eigenvalue weighted by atomic mass is 9.51. The van der Waals surface area contributed by atoms with Crippen LogP contribution < -0.4 is 10.6 Å². The van der Waals surface area contributed by atoms with E-state index in [1.54, 1.807) is 0 Å². The van der Waals surface area contributed by atoms with Crippen LogP contribution in [0.3, 0.4) is 0 Å². The summed E-state index contributed by atoms with van der Waals surface area (Å²) in [5, 5.41) is 17.6. The van der Waals surface area contributed by atoms with Crippen molar-refractivity contribution >= 4 is 11.8 Å².